The van der Waals surface area contributed by atoms with Gasteiger partial charge in [-0.2, -0.15) is 0 Å². The molecule has 2 aromatic heterocycles. The molecule has 1 saturated carbocycles. The van der Waals surface area contributed by atoms with E-state index < -0.39 is 6.04 Å². The Morgan fingerprint density at radius 1 is 1.14 bits per heavy atom. The van der Waals surface area contributed by atoms with E-state index in [2.05, 4.69) is 10.3 Å². The third-order valence-electron chi connectivity index (χ3n) is 5.38. The number of pyridine rings is 1. The molecule has 1 saturated heterocycles. The number of rotatable bonds is 3. The number of aromatic nitrogens is 2. The quantitative estimate of drug-likeness (QED) is 0.762. The number of nitrogens with zero attached hydrogens (tertiary/aromatic N) is 3. The maximum atomic E-state index is 13.5. The molecule has 1 N–H and O–H groups in total. The summed E-state index contributed by atoms with van der Waals surface area (Å²) in [6.07, 6.45) is 4.07. The number of benzene rings is 1. The summed E-state index contributed by atoms with van der Waals surface area (Å²) in [6.45, 7) is 0.751. The van der Waals surface area contributed by atoms with Crippen LogP contribution in [0.3, 0.4) is 0 Å². The number of fused-ring (bicyclic) bond motifs is 1. The van der Waals surface area contributed by atoms with E-state index in [1.165, 1.54) is 17.0 Å². The SMILES string of the molecule is O=C1NCCN(C(=O)c2nc(C3CC3)n3ccccc23)C1c1ccc(F)cc1. The maximum absolute atomic E-state index is 13.5. The molecule has 1 atom stereocenters. The standard InChI is InChI=1S/C21H19FN4O2/c22-15-8-6-13(7-9-15)18-20(27)23-10-12-26(18)21(28)17-16-3-1-2-11-25(16)19(24-17)14-4-5-14/h1-3,6-9,11,14,18H,4-5,10,12H2,(H,23,27). The Bertz CT molecular complexity index is 1070. The molecule has 6 nitrogen and oxygen atoms in total. The molecule has 3 heterocycles. The monoisotopic (exact) mass is 378 g/mol. The highest BCUT2D eigenvalue weighted by Gasteiger charge is 2.37. The van der Waals surface area contributed by atoms with Gasteiger partial charge in [0.25, 0.3) is 5.91 Å². The molecule has 142 valence electrons. The molecule has 0 bridgehead atoms. The zero-order chi connectivity index (χ0) is 19.3. The maximum Gasteiger partial charge on any atom is 0.275 e. The van der Waals surface area contributed by atoms with Gasteiger partial charge in [-0.1, -0.05) is 18.2 Å². The topological polar surface area (TPSA) is 66.7 Å². The molecule has 28 heavy (non-hydrogen) atoms. The minimum atomic E-state index is -0.799. The zero-order valence-electron chi connectivity index (χ0n) is 15.1. The lowest BCUT2D eigenvalue weighted by molar-refractivity contribution is -0.128. The average molecular weight is 378 g/mol. The molecule has 2 aliphatic rings. The Morgan fingerprint density at radius 3 is 2.68 bits per heavy atom. The van der Waals surface area contributed by atoms with Crippen molar-refractivity contribution in [3.63, 3.8) is 0 Å². The van der Waals surface area contributed by atoms with Gasteiger partial charge in [-0.25, -0.2) is 9.37 Å². The molecule has 1 aromatic carbocycles. The minimum Gasteiger partial charge on any atom is -0.352 e. The van der Waals surface area contributed by atoms with Crippen molar-refractivity contribution >= 4 is 17.3 Å². The van der Waals surface area contributed by atoms with E-state index in [1.54, 1.807) is 12.1 Å². The summed E-state index contributed by atoms with van der Waals surface area (Å²) in [7, 11) is 0. The summed E-state index contributed by atoms with van der Waals surface area (Å²) in [5.41, 5.74) is 1.69. The number of carbonyl (C=O) groups is 2. The van der Waals surface area contributed by atoms with Crippen molar-refractivity contribution < 1.29 is 14.0 Å². The number of hydrogen-bond donors (Lipinski definition) is 1. The van der Waals surface area contributed by atoms with E-state index in [4.69, 9.17) is 0 Å². The van der Waals surface area contributed by atoms with Crippen molar-refractivity contribution in [1.82, 2.24) is 19.6 Å². The summed E-state index contributed by atoms with van der Waals surface area (Å²) < 4.78 is 15.3. The first kappa shape index (κ1) is 16.9. The van der Waals surface area contributed by atoms with E-state index in [0.29, 0.717) is 30.3 Å². The fraction of sp³-hybridized carbons (Fsp3) is 0.286. The molecular formula is C21H19FN4O2. The molecule has 1 aliphatic heterocycles. The number of piperazine rings is 1. The summed E-state index contributed by atoms with van der Waals surface area (Å²) >= 11 is 0. The molecule has 2 fully saturated rings. The first-order chi connectivity index (χ1) is 13.6. The second-order valence-corrected chi connectivity index (χ2v) is 7.29. The summed E-state index contributed by atoms with van der Waals surface area (Å²) in [5.74, 6) is 0.358. The largest absolute Gasteiger partial charge is 0.352 e. The van der Waals surface area contributed by atoms with Gasteiger partial charge in [-0.3, -0.25) is 9.59 Å². The number of amides is 2. The molecule has 2 amide bonds. The lowest BCUT2D eigenvalue weighted by Crippen LogP contribution is -2.52. The molecule has 0 spiro atoms. The Hall–Kier alpha value is -3.22. The van der Waals surface area contributed by atoms with Crippen LogP contribution in [0.25, 0.3) is 5.52 Å². The van der Waals surface area contributed by atoms with Gasteiger partial charge >= 0.3 is 0 Å². The molecule has 7 heteroatoms. The highest BCUT2D eigenvalue weighted by molar-refractivity contribution is 6.02. The van der Waals surface area contributed by atoms with Gasteiger partial charge < -0.3 is 14.6 Å². The van der Waals surface area contributed by atoms with E-state index >= 15 is 0 Å². The third-order valence-corrected chi connectivity index (χ3v) is 5.38. The lowest BCUT2D eigenvalue weighted by Gasteiger charge is -2.35. The van der Waals surface area contributed by atoms with E-state index in [0.717, 1.165) is 24.2 Å². The van der Waals surface area contributed by atoms with Crippen LogP contribution in [-0.4, -0.2) is 39.2 Å². The number of carbonyl (C=O) groups excluding carboxylic acids is 2. The van der Waals surface area contributed by atoms with Crippen LogP contribution in [-0.2, 0) is 4.79 Å². The Morgan fingerprint density at radius 2 is 1.93 bits per heavy atom. The molecule has 1 unspecified atom stereocenters. The molecular weight excluding hydrogens is 359 g/mol. The molecule has 5 rings (SSSR count). The smallest absolute Gasteiger partial charge is 0.275 e. The van der Waals surface area contributed by atoms with Gasteiger partial charge in [0.05, 0.1) is 5.52 Å². The van der Waals surface area contributed by atoms with Crippen LogP contribution in [0.15, 0.2) is 48.7 Å². The lowest BCUT2D eigenvalue weighted by atomic mass is 10.0. The van der Waals surface area contributed by atoms with Gasteiger partial charge in [0.2, 0.25) is 5.91 Å². The number of imidazole rings is 1. The van der Waals surface area contributed by atoms with Crippen molar-refractivity contribution in [1.29, 1.82) is 0 Å². The first-order valence-electron chi connectivity index (χ1n) is 9.44. The fourth-order valence-corrected chi connectivity index (χ4v) is 3.85. The summed E-state index contributed by atoms with van der Waals surface area (Å²) in [6, 6.07) is 10.6. The van der Waals surface area contributed by atoms with E-state index in [1.807, 2.05) is 28.8 Å². The number of nitrogens with one attached hydrogen (secondary N) is 1. The highest BCUT2D eigenvalue weighted by atomic mass is 19.1. The molecule has 3 aromatic rings. The normalized spacial score (nSPS) is 19.7. The van der Waals surface area contributed by atoms with Crippen LogP contribution in [0, 0.1) is 5.82 Å². The van der Waals surface area contributed by atoms with Crippen LogP contribution in [0.2, 0.25) is 0 Å². The van der Waals surface area contributed by atoms with Crippen LogP contribution in [0.4, 0.5) is 4.39 Å². The van der Waals surface area contributed by atoms with Gasteiger partial charge in [0, 0.05) is 25.2 Å². The number of halogens is 1. The zero-order valence-corrected chi connectivity index (χ0v) is 15.1. The first-order valence-corrected chi connectivity index (χ1v) is 9.44. The third kappa shape index (κ3) is 2.74. The predicted molar refractivity (Wildman–Crippen MR) is 100 cm³/mol. The van der Waals surface area contributed by atoms with E-state index in [9.17, 15) is 14.0 Å². The Kier molecular flexibility index (Phi) is 3.89. The van der Waals surface area contributed by atoms with Crippen LogP contribution in [0.1, 0.15) is 46.7 Å². The Labute approximate surface area is 161 Å². The molecule has 0 radical (unpaired) electrons. The second-order valence-electron chi connectivity index (χ2n) is 7.29. The minimum absolute atomic E-state index is 0.267. The van der Waals surface area contributed by atoms with Gasteiger partial charge in [-0.15, -0.1) is 0 Å². The number of hydrogen-bond acceptors (Lipinski definition) is 3. The van der Waals surface area contributed by atoms with Gasteiger partial charge in [0.15, 0.2) is 5.69 Å². The predicted octanol–water partition coefficient (Wildman–Crippen LogP) is 2.66. The van der Waals surface area contributed by atoms with Crippen molar-refractivity contribution in [2.45, 2.75) is 24.8 Å². The van der Waals surface area contributed by atoms with Crippen LogP contribution in [0.5, 0.6) is 0 Å². The van der Waals surface area contributed by atoms with E-state index in [-0.39, 0.29) is 17.6 Å². The summed E-state index contributed by atoms with van der Waals surface area (Å²) in [4.78, 5) is 32.3. The highest BCUT2D eigenvalue weighted by Crippen LogP contribution is 2.40. The Balaban J connectivity index is 1.57. The summed E-state index contributed by atoms with van der Waals surface area (Å²) in [5, 5.41) is 2.80. The van der Waals surface area contributed by atoms with Gasteiger partial charge in [-0.05, 0) is 42.7 Å². The van der Waals surface area contributed by atoms with Crippen molar-refractivity contribution in [2.75, 3.05) is 13.1 Å². The van der Waals surface area contributed by atoms with Gasteiger partial charge in [0.1, 0.15) is 17.7 Å². The van der Waals surface area contributed by atoms with Crippen molar-refractivity contribution in [3.8, 4) is 0 Å². The second kappa shape index (κ2) is 6.44. The van der Waals surface area contributed by atoms with Crippen LogP contribution >= 0.6 is 0 Å². The van der Waals surface area contributed by atoms with Crippen molar-refractivity contribution in [3.05, 3.63) is 71.6 Å². The van der Waals surface area contributed by atoms with Crippen LogP contribution < -0.4 is 5.32 Å². The molecule has 1 aliphatic carbocycles. The average Bonchev–Trinajstić information content (AvgIpc) is 3.48. The fourth-order valence-electron chi connectivity index (χ4n) is 3.85. The van der Waals surface area contributed by atoms with Crippen molar-refractivity contribution in [2.24, 2.45) is 0 Å².